The molecule has 1 aromatic heterocycles. The summed E-state index contributed by atoms with van der Waals surface area (Å²) in [5, 5.41) is 10.3. The van der Waals surface area contributed by atoms with E-state index in [0.717, 1.165) is 31.4 Å². The van der Waals surface area contributed by atoms with Crippen molar-refractivity contribution in [2.75, 3.05) is 0 Å². The Kier molecular flexibility index (Phi) is 2.94. The molecule has 0 radical (unpaired) electrons. The molecule has 0 aliphatic heterocycles. The Morgan fingerprint density at radius 2 is 1.93 bits per heavy atom. The quantitative estimate of drug-likeness (QED) is 0.801. The molecular weight excluding hydrogens is 212 g/mol. The Bertz CT molecular complexity index is 344. The van der Waals surface area contributed by atoms with Crippen LogP contribution in [0.5, 0.6) is 0 Å². The number of hydrogen-bond acceptors (Lipinski definition) is 3. The van der Waals surface area contributed by atoms with Crippen molar-refractivity contribution in [3.63, 3.8) is 0 Å². The minimum Gasteiger partial charge on any atom is -0.390 e. The number of halogens is 1. The number of hydrogen-bond donors (Lipinski definition) is 1. The van der Waals surface area contributed by atoms with E-state index in [4.69, 9.17) is 11.6 Å². The summed E-state index contributed by atoms with van der Waals surface area (Å²) in [5.74, 6) is 0.353. The van der Waals surface area contributed by atoms with Gasteiger partial charge in [0.15, 0.2) is 5.15 Å². The molecule has 0 bridgehead atoms. The largest absolute Gasteiger partial charge is 0.390 e. The van der Waals surface area contributed by atoms with E-state index in [9.17, 15) is 5.11 Å². The van der Waals surface area contributed by atoms with Crippen molar-refractivity contribution in [1.82, 2.24) is 9.97 Å². The van der Waals surface area contributed by atoms with Crippen molar-refractivity contribution in [2.24, 2.45) is 0 Å². The van der Waals surface area contributed by atoms with Crippen LogP contribution in [0, 0.1) is 0 Å². The zero-order valence-electron chi connectivity index (χ0n) is 8.78. The van der Waals surface area contributed by atoms with Crippen molar-refractivity contribution in [3.8, 4) is 0 Å². The van der Waals surface area contributed by atoms with Gasteiger partial charge in [0.2, 0.25) is 0 Å². The van der Waals surface area contributed by atoms with Gasteiger partial charge in [-0.05, 0) is 32.6 Å². The lowest BCUT2D eigenvalue weighted by Gasteiger charge is -2.32. The second-order valence-electron chi connectivity index (χ2n) is 4.50. The molecule has 82 valence electrons. The minimum atomic E-state index is -0.509. The van der Waals surface area contributed by atoms with Gasteiger partial charge >= 0.3 is 0 Å². The summed E-state index contributed by atoms with van der Waals surface area (Å²) in [6, 6.07) is 0. The molecule has 1 aromatic rings. The van der Waals surface area contributed by atoms with Gasteiger partial charge in [0.05, 0.1) is 11.3 Å². The van der Waals surface area contributed by atoms with Crippen molar-refractivity contribution in [2.45, 2.75) is 44.1 Å². The van der Waals surface area contributed by atoms with Gasteiger partial charge < -0.3 is 5.11 Å². The lowest BCUT2D eigenvalue weighted by Crippen LogP contribution is -2.29. The standard InChI is InChI=1S/C11H15ClN2O/c1-11(15)4-2-8(3-5-11)9-10(12)14-7-6-13-9/h6-8,15H,2-5H2,1H3/t8-,11+. The predicted octanol–water partition coefficient (Wildman–Crippen LogP) is 2.54. The summed E-state index contributed by atoms with van der Waals surface area (Å²) >= 11 is 5.99. The third-order valence-electron chi connectivity index (χ3n) is 3.13. The van der Waals surface area contributed by atoms with Crippen LogP contribution in [0.4, 0.5) is 0 Å². The molecule has 1 fully saturated rings. The van der Waals surface area contributed by atoms with Gasteiger partial charge in [0.1, 0.15) is 0 Å². The molecule has 4 heteroatoms. The third kappa shape index (κ3) is 2.47. The van der Waals surface area contributed by atoms with Crippen LogP contribution in [0.25, 0.3) is 0 Å². The maximum atomic E-state index is 9.84. The Morgan fingerprint density at radius 1 is 1.33 bits per heavy atom. The highest BCUT2D eigenvalue weighted by Gasteiger charge is 2.30. The first-order chi connectivity index (χ1) is 7.08. The molecule has 1 aliphatic rings. The number of aromatic nitrogens is 2. The summed E-state index contributed by atoms with van der Waals surface area (Å²) in [6.07, 6.45) is 6.77. The lowest BCUT2D eigenvalue weighted by molar-refractivity contribution is 0.0168. The molecule has 0 saturated heterocycles. The van der Waals surface area contributed by atoms with E-state index in [2.05, 4.69) is 9.97 Å². The fourth-order valence-corrected chi connectivity index (χ4v) is 2.38. The molecule has 0 atom stereocenters. The number of aliphatic hydroxyl groups is 1. The Morgan fingerprint density at radius 3 is 2.53 bits per heavy atom. The molecular formula is C11H15ClN2O. The fourth-order valence-electron chi connectivity index (χ4n) is 2.12. The highest BCUT2D eigenvalue weighted by atomic mass is 35.5. The second-order valence-corrected chi connectivity index (χ2v) is 4.86. The SMILES string of the molecule is C[C@]1(O)CC[C@@H](c2nccnc2Cl)CC1. The highest BCUT2D eigenvalue weighted by Crippen LogP contribution is 2.38. The van der Waals surface area contributed by atoms with E-state index in [1.165, 1.54) is 0 Å². The molecule has 0 amide bonds. The van der Waals surface area contributed by atoms with Crippen LogP contribution in [0.1, 0.15) is 44.2 Å². The normalized spacial score (nSPS) is 31.5. The average Bonchev–Trinajstić information content (AvgIpc) is 2.19. The zero-order valence-corrected chi connectivity index (χ0v) is 9.54. The molecule has 3 nitrogen and oxygen atoms in total. The van der Waals surface area contributed by atoms with E-state index in [-0.39, 0.29) is 0 Å². The topological polar surface area (TPSA) is 46.0 Å². The first-order valence-electron chi connectivity index (χ1n) is 5.27. The monoisotopic (exact) mass is 226 g/mol. The van der Waals surface area contributed by atoms with E-state index in [1.54, 1.807) is 12.4 Å². The maximum absolute atomic E-state index is 9.84. The Labute approximate surface area is 94.5 Å². The molecule has 0 aromatic carbocycles. The zero-order chi connectivity index (χ0) is 10.9. The first kappa shape index (κ1) is 10.8. The summed E-state index contributed by atoms with van der Waals surface area (Å²) in [5.41, 5.74) is 0.375. The number of nitrogens with zero attached hydrogens (tertiary/aromatic N) is 2. The average molecular weight is 227 g/mol. The smallest absolute Gasteiger partial charge is 0.150 e. The first-order valence-corrected chi connectivity index (χ1v) is 5.65. The molecule has 15 heavy (non-hydrogen) atoms. The van der Waals surface area contributed by atoms with Gasteiger partial charge in [-0.3, -0.25) is 4.98 Å². The molecule has 0 spiro atoms. The van der Waals surface area contributed by atoms with E-state index >= 15 is 0 Å². The third-order valence-corrected chi connectivity index (χ3v) is 3.42. The van der Waals surface area contributed by atoms with Gasteiger partial charge in [0.25, 0.3) is 0 Å². The molecule has 1 N–H and O–H groups in total. The van der Waals surface area contributed by atoms with Crippen molar-refractivity contribution >= 4 is 11.6 Å². The van der Waals surface area contributed by atoms with Crippen molar-refractivity contribution < 1.29 is 5.11 Å². The van der Waals surface area contributed by atoms with Gasteiger partial charge in [-0.25, -0.2) is 4.98 Å². The van der Waals surface area contributed by atoms with Crippen LogP contribution in [-0.4, -0.2) is 20.7 Å². The van der Waals surface area contributed by atoms with Crippen LogP contribution in [0.15, 0.2) is 12.4 Å². The van der Waals surface area contributed by atoms with Crippen LogP contribution < -0.4 is 0 Å². The lowest BCUT2D eigenvalue weighted by atomic mass is 9.79. The van der Waals surface area contributed by atoms with Gasteiger partial charge in [-0.1, -0.05) is 11.6 Å². The maximum Gasteiger partial charge on any atom is 0.150 e. The van der Waals surface area contributed by atoms with Gasteiger partial charge in [-0.15, -0.1) is 0 Å². The van der Waals surface area contributed by atoms with Crippen LogP contribution >= 0.6 is 11.6 Å². The number of rotatable bonds is 1. The predicted molar refractivity (Wildman–Crippen MR) is 58.9 cm³/mol. The minimum absolute atomic E-state index is 0.353. The van der Waals surface area contributed by atoms with E-state index in [1.807, 2.05) is 6.92 Å². The summed E-state index contributed by atoms with van der Waals surface area (Å²) < 4.78 is 0. The Hall–Kier alpha value is -0.670. The van der Waals surface area contributed by atoms with Crippen LogP contribution in [0.2, 0.25) is 5.15 Å². The molecule has 1 aliphatic carbocycles. The molecule has 0 unspecified atom stereocenters. The Balaban J connectivity index is 2.11. The summed E-state index contributed by atoms with van der Waals surface area (Å²) in [4.78, 5) is 8.30. The van der Waals surface area contributed by atoms with Gasteiger partial charge in [0, 0.05) is 18.3 Å². The second kappa shape index (κ2) is 4.06. The van der Waals surface area contributed by atoms with Gasteiger partial charge in [-0.2, -0.15) is 0 Å². The summed E-state index contributed by atoms with van der Waals surface area (Å²) in [6.45, 7) is 1.89. The van der Waals surface area contributed by atoms with Crippen molar-refractivity contribution in [1.29, 1.82) is 0 Å². The molecule has 1 saturated carbocycles. The van der Waals surface area contributed by atoms with Crippen LogP contribution in [0.3, 0.4) is 0 Å². The summed E-state index contributed by atoms with van der Waals surface area (Å²) in [7, 11) is 0. The van der Waals surface area contributed by atoms with Crippen LogP contribution in [-0.2, 0) is 0 Å². The van der Waals surface area contributed by atoms with E-state index in [0.29, 0.717) is 11.1 Å². The van der Waals surface area contributed by atoms with E-state index < -0.39 is 5.60 Å². The fraction of sp³-hybridized carbons (Fsp3) is 0.636. The molecule has 2 rings (SSSR count). The molecule has 1 heterocycles. The highest BCUT2D eigenvalue weighted by molar-refractivity contribution is 6.30. The van der Waals surface area contributed by atoms with Crippen molar-refractivity contribution in [3.05, 3.63) is 23.2 Å².